The van der Waals surface area contributed by atoms with Crippen molar-refractivity contribution >= 4 is 22.7 Å². The normalized spacial score (nSPS) is 11.3. The lowest BCUT2D eigenvalue weighted by Gasteiger charge is -2.02. The second-order valence-electron chi connectivity index (χ2n) is 9.10. The number of halogens is 3. The van der Waals surface area contributed by atoms with Crippen LogP contribution in [-0.2, 0) is 12.8 Å². The summed E-state index contributed by atoms with van der Waals surface area (Å²) in [6, 6.07) is 17.9. The molecule has 0 amide bonds. The van der Waals surface area contributed by atoms with Gasteiger partial charge < -0.3 is 0 Å². The lowest BCUT2D eigenvalue weighted by atomic mass is 10.1. The van der Waals surface area contributed by atoms with Gasteiger partial charge in [0.15, 0.2) is 11.6 Å². The summed E-state index contributed by atoms with van der Waals surface area (Å²) in [6.45, 7) is 1.81. The van der Waals surface area contributed by atoms with Crippen LogP contribution in [0, 0.1) is 24.4 Å². The van der Waals surface area contributed by atoms with Crippen LogP contribution in [0.5, 0.6) is 0 Å². The van der Waals surface area contributed by atoms with Gasteiger partial charge in [0.25, 0.3) is 0 Å². The molecular weight excluding hydrogens is 481 g/mol. The van der Waals surface area contributed by atoms with Crippen LogP contribution in [0.3, 0.4) is 0 Å². The topological polar surface area (TPSA) is 0 Å². The molecule has 0 unspecified atom stereocenters. The lowest BCUT2D eigenvalue weighted by Crippen LogP contribution is -1.85. The third-order valence-corrected chi connectivity index (χ3v) is 8.70. The second-order valence-corrected chi connectivity index (χ2v) is 11.4. The van der Waals surface area contributed by atoms with E-state index in [1.54, 1.807) is 23.5 Å². The SMILES string of the molecule is Cc1cc(-c2ccc(CCCCCCCCCc3ccc(-c4ccc(F)c(F)c4)s3)s2)ccc1F. The zero-order valence-corrected chi connectivity index (χ0v) is 21.7. The highest BCUT2D eigenvalue weighted by Gasteiger charge is 2.08. The zero-order valence-electron chi connectivity index (χ0n) is 20.1. The van der Waals surface area contributed by atoms with Crippen molar-refractivity contribution in [3.05, 3.63) is 93.4 Å². The summed E-state index contributed by atoms with van der Waals surface area (Å²) in [4.78, 5) is 4.91. The largest absolute Gasteiger partial charge is 0.207 e. The summed E-state index contributed by atoms with van der Waals surface area (Å²) in [7, 11) is 0. The minimum atomic E-state index is -0.803. The van der Waals surface area contributed by atoms with Gasteiger partial charge in [0.1, 0.15) is 5.82 Å². The molecule has 35 heavy (non-hydrogen) atoms. The summed E-state index contributed by atoms with van der Waals surface area (Å²) in [5.41, 5.74) is 2.53. The van der Waals surface area contributed by atoms with Crippen LogP contribution >= 0.6 is 22.7 Å². The molecule has 0 fully saturated rings. The fourth-order valence-corrected chi connectivity index (χ4v) is 6.36. The number of aryl methyl sites for hydroxylation is 3. The van der Waals surface area contributed by atoms with Crippen molar-refractivity contribution < 1.29 is 13.2 Å². The molecule has 0 saturated carbocycles. The predicted octanol–water partition coefficient (Wildman–Crippen LogP) is 10.4. The first-order valence-electron chi connectivity index (χ1n) is 12.4. The van der Waals surface area contributed by atoms with Crippen molar-refractivity contribution in [1.29, 1.82) is 0 Å². The van der Waals surface area contributed by atoms with Crippen LogP contribution in [0.2, 0.25) is 0 Å². The Bertz CT molecular complexity index is 1140. The molecule has 0 atom stereocenters. The van der Waals surface area contributed by atoms with Crippen molar-refractivity contribution in [2.24, 2.45) is 0 Å². The van der Waals surface area contributed by atoms with Gasteiger partial charge in [-0.15, -0.1) is 22.7 Å². The Morgan fingerprint density at radius 2 is 1.00 bits per heavy atom. The Labute approximate surface area is 214 Å². The molecule has 0 aliphatic heterocycles. The molecule has 4 rings (SSSR count). The standard InChI is InChI=1S/C30H31F3S2/c1-21-19-22(11-15-26(21)31)29-17-13-24(34-29)9-7-5-3-2-4-6-8-10-25-14-18-30(35-25)23-12-16-27(32)28(33)20-23/h11-20H,2-10H2,1H3. The van der Waals surface area contributed by atoms with Crippen molar-refractivity contribution in [1.82, 2.24) is 0 Å². The fourth-order valence-electron chi connectivity index (χ4n) is 4.26. The van der Waals surface area contributed by atoms with E-state index in [1.165, 1.54) is 71.7 Å². The molecule has 0 bridgehead atoms. The molecule has 4 aromatic rings. The smallest absolute Gasteiger partial charge is 0.159 e. The Morgan fingerprint density at radius 1 is 0.514 bits per heavy atom. The van der Waals surface area contributed by atoms with E-state index in [1.807, 2.05) is 36.5 Å². The van der Waals surface area contributed by atoms with Crippen LogP contribution in [0.1, 0.15) is 60.3 Å². The van der Waals surface area contributed by atoms with E-state index >= 15 is 0 Å². The molecule has 2 heterocycles. The first-order chi connectivity index (χ1) is 17.0. The van der Waals surface area contributed by atoms with E-state index in [0.717, 1.165) is 28.8 Å². The Hall–Kier alpha value is -2.37. The van der Waals surface area contributed by atoms with Crippen LogP contribution in [0.25, 0.3) is 20.9 Å². The Kier molecular flexibility index (Phi) is 9.22. The van der Waals surface area contributed by atoms with Gasteiger partial charge >= 0.3 is 0 Å². The minimum absolute atomic E-state index is 0.147. The highest BCUT2D eigenvalue weighted by Crippen LogP contribution is 2.31. The summed E-state index contributed by atoms with van der Waals surface area (Å²) >= 11 is 3.49. The number of unbranched alkanes of at least 4 members (excludes halogenated alkanes) is 6. The van der Waals surface area contributed by atoms with E-state index < -0.39 is 11.6 Å². The van der Waals surface area contributed by atoms with Crippen LogP contribution in [0.4, 0.5) is 13.2 Å². The van der Waals surface area contributed by atoms with Gasteiger partial charge in [-0.1, -0.05) is 44.2 Å². The molecule has 2 aromatic carbocycles. The quantitative estimate of drug-likeness (QED) is 0.166. The molecule has 0 spiro atoms. The highest BCUT2D eigenvalue weighted by atomic mass is 32.1. The molecule has 184 valence electrons. The summed E-state index contributed by atoms with van der Waals surface area (Å²) < 4.78 is 40.1. The average molecular weight is 513 g/mol. The first-order valence-corrected chi connectivity index (χ1v) is 14.0. The summed E-state index contributed by atoms with van der Waals surface area (Å²) in [6.07, 6.45) is 10.8. The van der Waals surface area contributed by atoms with Crippen molar-refractivity contribution in [3.8, 4) is 20.9 Å². The van der Waals surface area contributed by atoms with E-state index in [-0.39, 0.29) is 5.82 Å². The maximum Gasteiger partial charge on any atom is 0.159 e. The Morgan fingerprint density at radius 3 is 1.51 bits per heavy atom. The highest BCUT2D eigenvalue weighted by molar-refractivity contribution is 7.15. The summed E-state index contributed by atoms with van der Waals surface area (Å²) in [5.74, 6) is -1.74. The number of hydrogen-bond acceptors (Lipinski definition) is 2. The van der Waals surface area contributed by atoms with Gasteiger partial charge in [-0.25, -0.2) is 13.2 Å². The summed E-state index contributed by atoms with van der Waals surface area (Å²) in [5, 5.41) is 0. The predicted molar refractivity (Wildman–Crippen MR) is 144 cm³/mol. The third kappa shape index (κ3) is 7.31. The third-order valence-electron chi connectivity index (χ3n) is 6.32. The van der Waals surface area contributed by atoms with Gasteiger partial charge in [-0.3, -0.25) is 0 Å². The van der Waals surface area contributed by atoms with E-state index in [4.69, 9.17) is 0 Å². The van der Waals surface area contributed by atoms with Crippen LogP contribution < -0.4 is 0 Å². The lowest BCUT2D eigenvalue weighted by molar-refractivity contribution is 0.509. The molecule has 0 saturated heterocycles. The molecule has 0 aliphatic carbocycles. The molecular formula is C30H31F3S2. The molecule has 0 aliphatic rings. The number of hydrogen-bond donors (Lipinski definition) is 0. The Balaban J connectivity index is 1.08. The van der Waals surface area contributed by atoms with Gasteiger partial charge in [-0.05, 0) is 97.8 Å². The van der Waals surface area contributed by atoms with Crippen LogP contribution in [-0.4, -0.2) is 0 Å². The van der Waals surface area contributed by atoms with Gasteiger partial charge in [-0.2, -0.15) is 0 Å². The monoisotopic (exact) mass is 512 g/mol. The zero-order chi connectivity index (χ0) is 24.6. The molecule has 0 nitrogen and oxygen atoms in total. The maximum absolute atomic E-state index is 13.5. The minimum Gasteiger partial charge on any atom is -0.207 e. The van der Waals surface area contributed by atoms with Crippen molar-refractivity contribution in [2.45, 2.75) is 64.7 Å². The first kappa shape index (κ1) is 25.7. The molecule has 5 heteroatoms. The fraction of sp³-hybridized carbons (Fsp3) is 0.333. The van der Waals surface area contributed by atoms with E-state index in [9.17, 15) is 13.2 Å². The number of benzene rings is 2. The number of rotatable bonds is 12. The van der Waals surface area contributed by atoms with E-state index in [2.05, 4.69) is 18.2 Å². The van der Waals surface area contributed by atoms with Crippen molar-refractivity contribution in [3.63, 3.8) is 0 Å². The average Bonchev–Trinajstić information content (AvgIpc) is 3.52. The molecule has 0 radical (unpaired) electrons. The maximum atomic E-state index is 13.5. The van der Waals surface area contributed by atoms with Crippen molar-refractivity contribution in [2.75, 3.05) is 0 Å². The molecule has 0 N–H and O–H groups in total. The second kappa shape index (κ2) is 12.5. The van der Waals surface area contributed by atoms with Gasteiger partial charge in [0, 0.05) is 19.5 Å². The molecule has 2 aromatic heterocycles. The van der Waals surface area contributed by atoms with Gasteiger partial charge in [0.2, 0.25) is 0 Å². The van der Waals surface area contributed by atoms with Gasteiger partial charge in [0.05, 0.1) is 0 Å². The van der Waals surface area contributed by atoms with Crippen LogP contribution in [0.15, 0.2) is 60.7 Å². The van der Waals surface area contributed by atoms with E-state index in [0.29, 0.717) is 5.56 Å². The number of thiophene rings is 2.